The molecule has 0 bridgehead atoms. The monoisotopic (exact) mass is 234 g/mol. The minimum Gasteiger partial charge on any atom is -0.507 e. The van der Waals surface area contributed by atoms with Crippen molar-refractivity contribution < 1.29 is 5.11 Å². The van der Waals surface area contributed by atoms with Crippen LogP contribution in [0, 0.1) is 0 Å². The molecular formula is C16H26O. The molecule has 1 rings (SSSR count). The largest absolute Gasteiger partial charge is 0.507 e. The molecule has 1 heteroatoms. The fourth-order valence-corrected chi connectivity index (χ4v) is 1.97. The van der Waals surface area contributed by atoms with Gasteiger partial charge < -0.3 is 5.11 Å². The molecule has 96 valence electrons. The second-order valence-electron chi connectivity index (χ2n) is 6.89. The fourth-order valence-electron chi connectivity index (χ4n) is 1.97. The Labute approximate surface area is 106 Å². The van der Waals surface area contributed by atoms with E-state index in [1.54, 1.807) is 0 Å². The van der Waals surface area contributed by atoms with Gasteiger partial charge in [-0.05, 0) is 33.9 Å². The highest BCUT2D eigenvalue weighted by atomic mass is 16.3. The van der Waals surface area contributed by atoms with Crippen LogP contribution in [0.1, 0.15) is 65.2 Å². The average Bonchev–Trinajstić information content (AvgIpc) is 2.14. The first-order valence-corrected chi connectivity index (χ1v) is 6.44. The Kier molecular flexibility index (Phi) is 3.61. The average molecular weight is 234 g/mol. The van der Waals surface area contributed by atoms with E-state index >= 15 is 0 Å². The summed E-state index contributed by atoms with van der Waals surface area (Å²) < 4.78 is 0. The number of phenols is 1. The molecule has 0 saturated heterocycles. The fraction of sp³-hybridized carbons (Fsp3) is 0.625. The first kappa shape index (κ1) is 14.1. The molecule has 0 aliphatic carbocycles. The van der Waals surface area contributed by atoms with Gasteiger partial charge in [-0.1, -0.05) is 60.6 Å². The standard InChI is InChI=1S/C16H26O/c1-8-11-9-12(15(2,3)4)10-13(14(11)17)16(5,6)7/h9-10,17H,8H2,1-7H3. The van der Waals surface area contributed by atoms with Crippen molar-refractivity contribution in [1.82, 2.24) is 0 Å². The Morgan fingerprint density at radius 2 is 1.47 bits per heavy atom. The SMILES string of the molecule is CCc1cc(C(C)(C)C)cc(C(C)(C)C)c1O. The van der Waals surface area contributed by atoms with Gasteiger partial charge in [-0.2, -0.15) is 0 Å². The lowest BCUT2D eigenvalue weighted by Gasteiger charge is -2.27. The minimum absolute atomic E-state index is 0.0186. The number of aromatic hydroxyl groups is 1. The van der Waals surface area contributed by atoms with Crippen LogP contribution in [0.15, 0.2) is 12.1 Å². The van der Waals surface area contributed by atoms with Crippen molar-refractivity contribution in [2.45, 2.75) is 65.7 Å². The van der Waals surface area contributed by atoms with Crippen molar-refractivity contribution in [3.63, 3.8) is 0 Å². The van der Waals surface area contributed by atoms with E-state index in [1.165, 1.54) is 5.56 Å². The molecule has 1 aromatic rings. The van der Waals surface area contributed by atoms with Gasteiger partial charge in [0.2, 0.25) is 0 Å². The lowest BCUT2D eigenvalue weighted by molar-refractivity contribution is 0.438. The maximum Gasteiger partial charge on any atom is 0.122 e. The molecule has 1 nitrogen and oxygen atoms in total. The van der Waals surface area contributed by atoms with Crippen LogP contribution in [0.5, 0.6) is 5.75 Å². The zero-order valence-corrected chi connectivity index (χ0v) is 12.3. The predicted octanol–water partition coefficient (Wildman–Crippen LogP) is 4.55. The number of aryl methyl sites for hydroxylation is 1. The van der Waals surface area contributed by atoms with Crippen molar-refractivity contribution in [1.29, 1.82) is 0 Å². The summed E-state index contributed by atoms with van der Waals surface area (Å²) in [7, 11) is 0. The van der Waals surface area contributed by atoms with E-state index in [9.17, 15) is 5.11 Å². The van der Waals surface area contributed by atoms with Crippen molar-refractivity contribution in [3.05, 3.63) is 28.8 Å². The Balaban J connectivity index is 3.50. The Morgan fingerprint density at radius 3 is 1.82 bits per heavy atom. The quantitative estimate of drug-likeness (QED) is 0.756. The first-order valence-electron chi connectivity index (χ1n) is 6.44. The third-order valence-corrected chi connectivity index (χ3v) is 3.24. The second kappa shape index (κ2) is 4.36. The Hall–Kier alpha value is -0.980. The van der Waals surface area contributed by atoms with Gasteiger partial charge >= 0.3 is 0 Å². The lowest BCUT2D eigenvalue weighted by atomic mass is 9.78. The summed E-state index contributed by atoms with van der Waals surface area (Å²) >= 11 is 0. The van der Waals surface area contributed by atoms with E-state index in [0.717, 1.165) is 17.5 Å². The van der Waals surface area contributed by atoms with Crippen molar-refractivity contribution in [2.75, 3.05) is 0 Å². The van der Waals surface area contributed by atoms with Gasteiger partial charge in [-0.25, -0.2) is 0 Å². The maximum absolute atomic E-state index is 10.3. The van der Waals surface area contributed by atoms with Gasteiger partial charge in [0.1, 0.15) is 5.75 Å². The molecule has 0 unspecified atom stereocenters. The van der Waals surface area contributed by atoms with Gasteiger partial charge in [0.05, 0.1) is 0 Å². The van der Waals surface area contributed by atoms with E-state index in [0.29, 0.717) is 5.75 Å². The van der Waals surface area contributed by atoms with E-state index in [-0.39, 0.29) is 10.8 Å². The second-order valence-corrected chi connectivity index (χ2v) is 6.89. The van der Waals surface area contributed by atoms with Crippen LogP contribution >= 0.6 is 0 Å². The molecule has 0 heterocycles. The van der Waals surface area contributed by atoms with Gasteiger partial charge in [0, 0.05) is 0 Å². The van der Waals surface area contributed by atoms with Gasteiger partial charge in [-0.15, -0.1) is 0 Å². The Morgan fingerprint density at radius 1 is 0.941 bits per heavy atom. The van der Waals surface area contributed by atoms with Crippen LogP contribution in [0.2, 0.25) is 0 Å². The number of benzene rings is 1. The highest BCUT2D eigenvalue weighted by Gasteiger charge is 2.24. The number of hydrogen-bond donors (Lipinski definition) is 1. The molecule has 0 spiro atoms. The van der Waals surface area contributed by atoms with Crippen molar-refractivity contribution in [2.24, 2.45) is 0 Å². The van der Waals surface area contributed by atoms with Crippen LogP contribution < -0.4 is 0 Å². The third kappa shape index (κ3) is 3.02. The van der Waals surface area contributed by atoms with E-state index in [1.807, 2.05) is 0 Å². The van der Waals surface area contributed by atoms with Crippen LogP contribution in [0.3, 0.4) is 0 Å². The molecule has 0 aliphatic rings. The number of phenolic OH excluding ortho intramolecular Hbond substituents is 1. The molecule has 1 N–H and O–H groups in total. The summed E-state index contributed by atoms with van der Waals surface area (Å²) in [5.41, 5.74) is 3.52. The molecule has 0 saturated carbocycles. The number of rotatable bonds is 1. The highest BCUT2D eigenvalue weighted by Crippen LogP contribution is 2.37. The van der Waals surface area contributed by atoms with Gasteiger partial charge in [0.15, 0.2) is 0 Å². The van der Waals surface area contributed by atoms with E-state index in [4.69, 9.17) is 0 Å². The molecule has 0 amide bonds. The van der Waals surface area contributed by atoms with E-state index < -0.39 is 0 Å². The van der Waals surface area contributed by atoms with Gasteiger partial charge in [0.25, 0.3) is 0 Å². The molecule has 1 aromatic carbocycles. The van der Waals surface area contributed by atoms with Gasteiger partial charge in [-0.3, -0.25) is 0 Å². The molecule has 0 aliphatic heterocycles. The van der Waals surface area contributed by atoms with Crippen LogP contribution in [0.25, 0.3) is 0 Å². The molecule has 17 heavy (non-hydrogen) atoms. The highest BCUT2D eigenvalue weighted by molar-refractivity contribution is 5.48. The Bertz CT molecular complexity index is 403. The molecule has 0 fully saturated rings. The predicted molar refractivity (Wildman–Crippen MR) is 74.9 cm³/mol. The first-order chi connectivity index (χ1) is 7.57. The summed E-state index contributed by atoms with van der Waals surface area (Å²) in [6.07, 6.45) is 0.874. The van der Waals surface area contributed by atoms with Crippen LogP contribution in [0.4, 0.5) is 0 Å². The summed E-state index contributed by atoms with van der Waals surface area (Å²) in [6, 6.07) is 4.30. The topological polar surface area (TPSA) is 20.2 Å². The van der Waals surface area contributed by atoms with E-state index in [2.05, 4.69) is 60.6 Å². The normalized spacial score (nSPS) is 12.9. The maximum atomic E-state index is 10.3. The van der Waals surface area contributed by atoms with Crippen LogP contribution in [-0.4, -0.2) is 5.11 Å². The minimum atomic E-state index is -0.0186. The zero-order valence-electron chi connectivity index (χ0n) is 12.3. The molecule has 0 radical (unpaired) electrons. The number of hydrogen-bond acceptors (Lipinski definition) is 1. The summed E-state index contributed by atoms with van der Waals surface area (Å²) in [5.74, 6) is 0.480. The smallest absolute Gasteiger partial charge is 0.122 e. The third-order valence-electron chi connectivity index (χ3n) is 3.24. The lowest BCUT2D eigenvalue weighted by Crippen LogP contribution is -2.17. The summed E-state index contributed by atoms with van der Waals surface area (Å²) in [4.78, 5) is 0. The molecule has 0 aromatic heterocycles. The van der Waals surface area contributed by atoms with Crippen molar-refractivity contribution >= 4 is 0 Å². The van der Waals surface area contributed by atoms with Crippen molar-refractivity contribution in [3.8, 4) is 5.75 Å². The summed E-state index contributed by atoms with van der Waals surface area (Å²) in [5, 5.41) is 10.3. The van der Waals surface area contributed by atoms with Crippen LogP contribution in [-0.2, 0) is 17.3 Å². The summed E-state index contributed by atoms with van der Waals surface area (Å²) in [6.45, 7) is 15.2. The molecule has 0 atom stereocenters. The zero-order chi connectivity index (χ0) is 13.4. The molecular weight excluding hydrogens is 208 g/mol.